The van der Waals surface area contributed by atoms with Crippen molar-refractivity contribution in [1.82, 2.24) is 0 Å². The molecule has 27 heavy (non-hydrogen) atoms. The second-order valence-corrected chi connectivity index (χ2v) is 6.28. The molecule has 0 fully saturated rings. The molecule has 3 aromatic rings. The van der Waals surface area contributed by atoms with Crippen LogP contribution in [-0.2, 0) is 18.0 Å². The van der Waals surface area contributed by atoms with E-state index in [2.05, 4.69) is 0 Å². The molecule has 0 unspecified atom stereocenters. The minimum absolute atomic E-state index is 0.203. The largest absolute Gasteiger partial charge is 0.493 e. The third kappa shape index (κ3) is 5.25. The molecule has 5 heteroatoms. The Morgan fingerprint density at radius 2 is 1.41 bits per heavy atom. The summed E-state index contributed by atoms with van der Waals surface area (Å²) in [6.07, 6.45) is 0. The molecule has 0 aliphatic rings. The molecule has 0 radical (unpaired) electrons. The second kappa shape index (κ2) is 9.10. The Morgan fingerprint density at radius 1 is 0.815 bits per heavy atom. The topological polar surface area (TPSA) is 44.8 Å². The summed E-state index contributed by atoms with van der Waals surface area (Å²) in [5, 5.41) is 0.649. The van der Waals surface area contributed by atoms with Gasteiger partial charge in [-0.05, 0) is 47.5 Å². The fourth-order valence-electron chi connectivity index (χ4n) is 2.45. The summed E-state index contributed by atoms with van der Waals surface area (Å²) in [6, 6.07) is 21.8. The third-order valence-corrected chi connectivity index (χ3v) is 4.19. The summed E-state index contributed by atoms with van der Waals surface area (Å²) in [5.41, 5.74) is 2.31. The van der Waals surface area contributed by atoms with E-state index in [-0.39, 0.29) is 12.6 Å². The number of para-hydroxylation sites is 2. The van der Waals surface area contributed by atoms with Crippen molar-refractivity contribution in [3.05, 3.63) is 94.5 Å². The minimum atomic E-state index is -0.373. The maximum absolute atomic E-state index is 12.2. The summed E-state index contributed by atoms with van der Waals surface area (Å²) in [5.74, 6) is 0.980. The molecule has 0 aromatic heterocycles. The fraction of sp³-hybridized carbons (Fsp3) is 0.136. The van der Waals surface area contributed by atoms with E-state index < -0.39 is 0 Å². The summed E-state index contributed by atoms with van der Waals surface area (Å²) in [4.78, 5) is 12.2. The Morgan fingerprint density at radius 3 is 2.07 bits per heavy atom. The number of hydrogen-bond acceptors (Lipinski definition) is 4. The number of ether oxygens (including phenoxy) is 3. The number of rotatable bonds is 7. The highest BCUT2D eigenvalue weighted by molar-refractivity contribution is 6.30. The molecule has 3 rings (SSSR count). The van der Waals surface area contributed by atoms with Gasteiger partial charge in [0.15, 0.2) is 11.5 Å². The molecule has 0 saturated carbocycles. The number of benzene rings is 3. The Bertz CT molecular complexity index is 889. The molecule has 0 heterocycles. The monoisotopic (exact) mass is 382 g/mol. The first kappa shape index (κ1) is 18.8. The maximum atomic E-state index is 12.2. The average molecular weight is 383 g/mol. The molecule has 0 spiro atoms. The van der Waals surface area contributed by atoms with Gasteiger partial charge in [-0.2, -0.15) is 0 Å². The van der Waals surface area contributed by atoms with E-state index in [1.165, 1.54) is 0 Å². The van der Waals surface area contributed by atoms with Crippen molar-refractivity contribution in [1.29, 1.82) is 0 Å². The highest BCUT2D eigenvalue weighted by Crippen LogP contribution is 2.26. The van der Waals surface area contributed by atoms with Crippen LogP contribution in [0.5, 0.6) is 11.5 Å². The van der Waals surface area contributed by atoms with Crippen molar-refractivity contribution < 1.29 is 19.0 Å². The van der Waals surface area contributed by atoms with E-state index in [4.69, 9.17) is 25.8 Å². The molecule has 0 aliphatic heterocycles. The number of halogens is 1. The second-order valence-electron chi connectivity index (χ2n) is 5.84. The Kier molecular flexibility index (Phi) is 6.34. The highest BCUT2D eigenvalue weighted by Gasteiger charge is 2.08. The van der Waals surface area contributed by atoms with Gasteiger partial charge in [0.1, 0.15) is 13.2 Å². The fourth-order valence-corrected chi connectivity index (χ4v) is 2.58. The van der Waals surface area contributed by atoms with Gasteiger partial charge in [-0.3, -0.25) is 0 Å². The van der Waals surface area contributed by atoms with Crippen LogP contribution in [0.2, 0.25) is 5.02 Å². The van der Waals surface area contributed by atoms with Crippen LogP contribution in [0.25, 0.3) is 0 Å². The van der Waals surface area contributed by atoms with Crippen LogP contribution in [0.4, 0.5) is 0 Å². The van der Waals surface area contributed by atoms with E-state index >= 15 is 0 Å². The average Bonchev–Trinajstić information content (AvgIpc) is 2.72. The van der Waals surface area contributed by atoms with Crippen molar-refractivity contribution in [3.8, 4) is 11.5 Å². The van der Waals surface area contributed by atoms with Gasteiger partial charge in [-0.15, -0.1) is 0 Å². The summed E-state index contributed by atoms with van der Waals surface area (Å²) in [7, 11) is 1.60. The van der Waals surface area contributed by atoms with E-state index in [9.17, 15) is 4.79 Å². The SMILES string of the molecule is COc1ccccc1OCc1ccc(C(=O)OCc2ccc(Cl)cc2)cc1. The number of hydrogen-bond donors (Lipinski definition) is 0. The first-order valence-corrected chi connectivity index (χ1v) is 8.80. The lowest BCUT2D eigenvalue weighted by Gasteiger charge is -2.10. The lowest BCUT2D eigenvalue weighted by atomic mass is 10.1. The zero-order valence-corrected chi connectivity index (χ0v) is 15.6. The minimum Gasteiger partial charge on any atom is -0.493 e. The van der Waals surface area contributed by atoms with Crippen molar-refractivity contribution in [2.75, 3.05) is 7.11 Å². The Balaban J connectivity index is 1.54. The smallest absolute Gasteiger partial charge is 0.338 e. The lowest BCUT2D eigenvalue weighted by Crippen LogP contribution is -2.05. The first-order chi connectivity index (χ1) is 13.2. The Labute approximate surface area is 163 Å². The van der Waals surface area contributed by atoms with Gasteiger partial charge < -0.3 is 14.2 Å². The van der Waals surface area contributed by atoms with Crippen LogP contribution >= 0.6 is 11.6 Å². The number of esters is 1. The van der Waals surface area contributed by atoms with E-state index in [0.29, 0.717) is 28.7 Å². The molecule has 4 nitrogen and oxygen atoms in total. The molecular formula is C22H19ClO4. The summed E-state index contributed by atoms with van der Waals surface area (Å²) < 4.78 is 16.4. The normalized spacial score (nSPS) is 10.3. The van der Waals surface area contributed by atoms with Crippen LogP contribution in [0, 0.1) is 0 Å². The number of carbonyl (C=O) groups excluding carboxylic acids is 1. The van der Waals surface area contributed by atoms with Gasteiger partial charge in [-0.1, -0.05) is 48.0 Å². The standard InChI is InChI=1S/C22H19ClO4/c1-25-20-4-2-3-5-21(20)26-14-16-6-10-18(11-7-16)22(24)27-15-17-8-12-19(23)13-9-17/h2-13H,14-15H2,1H3. The number of methoxy groups -OCH3 is 1. The zero-order valence-electron chi connectivity index (χ0n) is 14.9. The first-order valence-electron chi connectivity index (χ1n) is 8.42. The molecule has 0 saturated heterocycles. The van der Waals surface area contributed by atoms with Gasteiger partial charge in [0, 0.05) is 5.02 Å². The van der Waals surface area contributed by atoms with Crippen LogP contribution < -0.4 is 9.47 Å². The third-order valence-electron chi connectivity index (χ3n) is 3.94. The molecular weight excluding hydrogens is 364 g/mol. The Hall–Kier alpha value is -2.98. The van der Waals surface area contributed by atoms with Crippen molar-refractivity contribution in [3.63, 3.8) is 0 Å². The molecule has 138 valence electrons. The lowest BCUT2D eigenvalue weighted by molar-refractivity contribution is 0.0472. The highest BCUT2D eigenvalue weighted by atomic mass is 35.5. The van der Waals surface area contributed by atoms with Crippen molar-refractivity contribution in [2.45, 2.75) is 13.2 Å². The van der Waals surface area contributed by atoms with Crippen LogP contribution in [0.1, 0.15) is 21.5 Å². The molecule has 3 aromatic carbocycles. The molecule has 0 bridgehead atoms. The summed E-state index contributed by atoms with van der Waals surface area (Å²) in [6.45, 7) is 0.579. The number of carbonyl (C=O) groups is 1. The quantitative estimate of drug-likeness (QED) is 0.521. The van der Waals surface area contributed by atoms with Gasteiger partial charge in [0.25, 0.3) is 0 Å². The predicted octanol–water partition coefficient (Wildman–Crippen LogP) is 5.28. The van der Waals surface area contributed by atoms with Crippen LogP contribution in [0.15, 0.2) is 72.8 Å². The molecule has 0 atom stereocenters. The van der Waals surface area contributed by atoms with Crippen molar-refractivity contribution >= 4 is 17.6 Å². The predicted molar refractivity (Wildman–Crippen MR) is 104 cm³/mol. The van der Waals surface area contributed by atoms with Crippen molar-refractivity contribution in [2.24, 2.45) is 0 Å². The van der Waals surface area contributed by atoms with Crippen LogP contribution in [-0.4, -0.2) is 13.1 Å². The van der Waals surface area contributed by atoms with Crippen LogP contribution in [0.3, 0.4) is 0 Å². The van der Waals surface area contributed by atoms with Gasteiger partial charge >= 0.3 is 5.97 Å². The van der Waals surface area contributed by atoms with Gasteiger partial charge in [-0.25, -0.2) is 4.79 Å². The molecule has 0 amide bonds. The van der Waals surface area contributed by atoms with Gasteiger partial charge in [0.2, 0.25) is 0 Å². The maximum Gasteiger partial charge on any atom is 0.338 e. The van der Waals surface area contributed by atoms with E-state index in [1.54, 1.807) is 31.4 Å². The molecule has 0 aliphatic carbocycles. The van der Waals surface area contributed by atoms with E-state index in [0.717, 1.165) is 11.1 Å². The molecule has 0 N–H and O–H groups in total. The van der Waals surface area contributed by atoms with E-state index in [1.807, 2.05) is 48.5 Å². The summed E-state index contributed by atoms with van der Waals surface area (Å²) >= 11 is 5.84. The van der Waals surface area contributed by atoms with Gasteiger partial charge in [0.05, 0.1) is 12.7 Å². The zero-order chi connectivity index (χ0) is 19.1.